The molecule has 0 aromatic heterocycles. The monoisotopic (exact) mass is 253 g/mol. The van der Waals surface area contributed by atoms with Gasteiger partial charge >= 0.3 is 0 Å². The number of ether oxygens (including phenoxy) is 1. The fourth-order valence-electron chi connectivity index (χ4n) is 2.47. The first-order chi connectivity index (χ1) is 8.77. The predicted molar refractivity (Wildman–Crippen MR) is 73.4 cm³/mol. The molecule has 0 aromatic rings. The van der Waals surface area contributed by atoms with Crippen LogP contribution in [0.5, 0.6) is 0 Å². The van der Waals surface area contributed by atoms with Crippen LogP contribution in [0, 0.1) is 11.3 Å². The van der Waals surface area contributed by atoms with Crippen LogP contribution >= 0.6 is 0 Å². The van der Waals surface area contributed by atoms with E-state index in [-0.39, 0.29) is 0 Å². The Morgan fingerprint density at radius 2 is 2.11 bits per heavy atom. The normalized spacial score (nSPS) is 21.9. The lowest BCUT2D eigenvalue weighted by Gasteiger charge is -2.39. The van der Waals surface area contributed by atoms with Crippen molar-refractivity contribution in [2.24, 2.45) is 0 Å². The van der Waals surface area contributed by atoms with E-state index in [0.29, 0.717) is 12.5 Å². The van der Waals surface area contributed by atoms with E-state index in [9.17, 15) is 0 Å². The molecule has 0 spiro atoms. The summed E-state index contributed by atoms with van der Waals surface area (Å²) in [4.78, 5) is 5.04. The summed E-state index contributed by atoms with van der Waals surface area (Å²) < 4.78 is 5.42. The summed E-state index contributed by atoms with van der Waals surface area (Å²) in [6.07, 6.45) is 2.89. The molecule has 0 N–H and O–H groups in total. The number of nitriles is 1. The van der Waals surface area contributed by atoms with Crippen molar-refractivity contribution >= 4 is 0 Å². The summed E-state index contributed by atoms with van der Waals surface area (Å²) in [6, 6.07) is 2.83. The Balaban J connectivity index is 2.13. The molecule has 1 unspecified atom stereocenters. The van der Waals surface area contributed by atoms with Gasteiger partial charge in [0.1, 0.15) is 0 Å². The van der Waals surface area contributed by atoms with Crippen molar-refractivity contribution in [3.05, 3.63) is 0 Å². The Hall–Kier alpha value is -0.630. The Morgan fingerprint density at radius 1 is 1.28 bits per heavy atom. The van der Waals surface area contributed by atoms with Crippen LogP contribution in [0.3, 0.4) is 0 Å². The van der Waals surface area contributed by atoms with Crippen LogP contribution in [0.25, 0.3) is 0 Å². The van der Waals surface area contributed by atoms with E-state index in [2.05, 4.69) is 22.8 Å². The van der Waals surface area contributed by atoms with Crippen LogP contribution in [0.1, 0.15) is 33.1 Å². The van der Waals surface area contributed by atoms with Gasteiger partial charge in [-0.3, -0.25) is 4.90 Å². The van der Waals surface area contributed by atoms with Gasteiger partial charge in [0.15, 0.2) is 0 Å². The third-order valence-corrected chi connectivity index (χ3v) is 3.59. The zero-order valence-electron chi connectivity index (χ0n) is 11.9. The van der Waals surface area contributed by atoms with E-state index in [4.69, 9.17) is 10.00 Å². The maximum atomic E-state index is 8.50. The Kier molecular flexibility index (Phi) is 7.99. The van der Waals surface area contributed by atoms with E-state index in [0.717, 1.165) is 58.8 Å². The van der Waals surface area contributed by atoms with Crippen LogP contribution in [0.15, 0.2) is 0 Å². The van der Waals surface area contributed by atoms with Crippen LogP contribution < -0.4 is 0 Å². The minimum atomic E-state index is 0.621. The van der Waals surface area contributed by atoms with Crippen molar-refractivity contribution < 1.29 is 4.74 Å². The largest absolute Gasteiger partial charge is 0.380 e. The van der Waals surface area contributed by atoms with Crippen LogP contribution in [-0.4, -0.2) is 61.8 Å². The Bertz CT molecular complexity index is 252. The molecule has 0 aromatic carbocycles. The van der Waals surface area contributed by atoms with Crippen LogP contribution in [-0.2, 0) is 4.74 Å². The van der Waals surface area contributed by atoms with Gasteiger partial charge in [-0.1, -0.05) is 0 Å². The highest BCUT2D eigenvalue weighted by molar-refractivity contribution is 4.79. The highest BCUT2D eigenvalue weighted by atomic mass is 16.5. The molecular weight excluding hydrogens is 226 g/mol. The van der Waals surface area contributed by atoms with E-state index in [1.54, 1.807) is 0 Å². The van der Waals surface area contributed by atoms with Crippen molar-refractivity contribution in [2.45, 2.75) is 39.2 Å². The average molecular weight is 253 g/mol. The van der Waals surface area contributed by atoms with Crippen molar-refractivity contribution in [2.75, 3.05) is 45.9 Å². The van der Waals surface area contributed by atoms with E-state index in [1.165, 1.54) is 0 Å². The molecular formula is C14H27N3O. The predicted octanol–water partition coefficient (Wildman–Crippen LogP) is 1.72. The zero-order chi connectivity index (χ0) is 13.2. The second kappa shape index (κ2) is 9.32. The third-order valence-electron chi connectivity index (χ3n) is 3.59. The lowest BCUT2D eigenvalue weighted by Crippen LogP contribution is -2.52. The van der Waals surface area contributed by atoms with E-state index in [1.807, 2.05) is 6.92 Å². The molecule has 4 heteroatoms. The van der Waals surface area contributed by atoms with Crippen LogP contribution in [0.2, 0.25) is 0 Å². The SMILES string of the molecule is CCOCCN1CCN(CCCCC#N)CC1C. The quantitative estimate of drug-likeness (QED) is 0.618. The van der Waals surface area contributed by atoms with Gasteiger partial charge in [0.2, 0.25) is 0 Å². The fourth-order valence-corrected chi connectivity index (χ4v) is 2.47. The minimum absolute atomic E-state index is 0.621. The lowest BCUT2D eigenvalue weighted by molar-refractivity contribution is 0.0489. The lowest BCUT2D eigenvalue weighted by atomic mass is 10.1. The molecule has 1 saturated heterocycles. The second-order valence-corrected chi connectivity index (χ2v) is 5.00. The molecule has 1 atom stereocenters. The molecule has 0 amide bonds. The topological polar surface area (TPSA) is 39.5 Å². The molecule has 0 aliphatic carbocycles. The summed E-state index contributed by atoms with van der Waals surface area (Å²) in [5.41, 5.74) is 0. The highest BCUT2D eigenvalue weighted by Crippen LogP contribution is 2.10. The fraction of sp³-hybridized carbons (Fsp3) is 0.929. The number of piperazine rings is 1. The molecule has 0 radical (unpaired) electrons. The molecule has 1 rings (SSSR count). The summed E-state index contributed by atoms with van der Waals surface area (Å²) in [5.74, 6) is 0. The first kappa shape index (κ1) is 15.4. The van der Waals surface area contributed by atoms with Gasteiger partial charge in [-0.2, -0.15) is 5.26 Å². The second-order valence-electron chi connectivity index (χ2n) is 5.00. The first-order valence-corrected chi connectivity index (χ1v) is 7.19. The van der Waals surface area contributed by atoms with E-state index >= 15 is 0 Å². The van der Waals surface area contributed by atoms with Gasteiger partial charge in [0.25, 0.3) is 0 Å². The van der Waals surface area contributed by atoms with Gasteiger partial charge in [-0.15, -0.1) is 0 Å². The number of unbranched alkanes of at least 4 members (excludes halogenated alkanes) is 2. The Labute approximate surface area is 112 Å². The van der Waals surface area contributed by atoms with Gasteiger partial charge in [0, 0.05) is 45.2 Å². The molecule has 4 nitrogen and oxygen atoms in total. The summed E-state index contributed by atoms with van der Waals surface area (Å²) in [7, 11) is 0. The smallest absolute Gasteiger partial charge is 0.0621 e. The summed E-state index contributed by atoms with van der Waals surface area (Å²) >= 11 is 0. The average Bonchev–Trinajstić information content (AvgIpc) is 2.37. The first-order valence-electron chi connectivity index (χ1n) is 7.19. The van der Waals surface area contributed by atoms with Crippen molar-refractivity contribution in [3.63, 3.8) is 0 Å². The molecule has 1 aliphatic rings. The van der Waals surface area contributed by atoms with Gasteiger partial charge in [0.05, 0.1) is 12.7 Å². The standard InChI is InChI=1S/C14H27N3O/c1-3-18-12-11-17-10-9-16(13-14(17)2)8-6-4-5-7-15/h14H,3-6,8-13H2,1-2H3. The zero-order valence-corrected chi connectivity index (χ0v) is 11.9. The Morgan fingerprint density at radius 3 is 2.78 bits per heavy atom. The molecule has 1 fully saturated rings. The minimum Gasteiger partial charge on any atom is -0.380 e. The number of rotatable bonds is 8. The van der Waals surface area contributed by atoms with Crippen molar-refractivity contribution in [1.29, 1.82) is 5.26 Å². The van der Waals surface area contributed by atoms with Gasteiger partial charge in [-0.25, -0.2) is 0 Å². The molecule has 0 saturated carbocycles. The summed E-state index contributed by atoms with van der Waals surface area (Å²) in [5, 5.41) is 8.50. The molecule has 104 valence electrons. The molecule has 1 heterocycles. The number of hydrogen-bond donors (Lipinski definition) is 0. The molecule has 18 heavy (non-hydrogen) atoms. The van der Waals surface area contributed by atoms with Crippen LogP contribution in [0.4, 0.5) is 0 Å². The number of hydrogen-bond acceptors (Lipinski definition) is 4. The maximum Gasteiger partial charge on any atom is 0.0621 e. The highest BCUT2D eigenvalue weighted by Gasteiger charge is 2.22. The maximum absolute atomic E-state index is 8.50. The van der Waals surface area contributed by atoms with Gasteiger partial charge in [-0.05, 0) is 33.2 Å². The van der Waals surface area contributed by atoms with Crippen molar-refractivity contribution in [3.8, 4) is 6.07 Å². The van der Waals surface area contributed by atoms with Crippen molar-refractivity contribution in [1.82, 2.24) is 9.80 Å². The third kappa shape index (κ3) is 5.81. The number of nitrogens with zero attached hydrogens (tertiary/aromatic N) is 3. The molecule has 1 aliphatic heterocycles. The van der Waals surface area contributed by atoms with E-state index < -0.39 is 0 Å². The molecule has 0 bridgehead atoms. The van der Waals surface area contributed by atoms with Gasteiger partial charge < -0.3 is 9.64 Å². The summed E-state index contributed by atoms with van der Waals surface area (Å²) in [6.45, 7) is 11.7.